The molecule has 1 N–H and O–H groups in total. The Hall–Kier alpha value is -1.89. The molecule has 2 atom stereocenters. The number of carbonyl (C=O) groups is 2. The molecule has 7 heteroatoms. The summed E-state index contributed by atoms with van der Waals surface area (Å²) in [6.45, 7) is 2.87. The number of carbonyl (C=O) groups excluding carboxylic acids is 1. The van der Waals surface area contributed by atoms with E-state index >= 15 is 0 Å². The summed E-state index contributed by atoms with van der Waals surface area (Å²) in [6, 6.07) is -0.831. The second-order valence-corrected chi connectivity index (χ2v) is 4.49. The number of aryl methyl sites for hydroxylation is 1. The van der Waals surface area contributed by atoms with Crippen molar-refractivity contribution in [2.45, 2.75) is 32.0 Å². The zero-order valence-electron chi connectivity index (χ0n) is 10.9. The quantitative estimate of drug-likeness (QED) is 0.843. The van der Waals surface area contributed by atoms with E-state index in [0.29, 0.717) is 25.1 Å². The molecule has 2 unspecified atom stereocenters. The standard InChI is InChI=1S/C12H17N3O4/c1-3-14-6-8(5-13-14)11(16)15-7-9(19-2)4-10(15)12(17)18/h5-6,9-10H,3-4,7H2,1-2H3,(H,17,18). The van der Waals surface area contributed by atoms with Crippen LogP contribution >= 0.6 is 0 Å². The van der Waals surface area contributed by atoms with Crippen molar-refractivity contribution in [1.82, 2.24) is 14.7 Å². The number of rotatable bonds is 4. The van der Waals surface area contributed by atoms with Gasteiger partial charge in [-0.05, 0) is 6.92 Å². The van der Waals surface area contributed by atoms with Gasteiger partial charge in [0.1, 0.15) is 6.04 Å². The highest BCUT2D eigenvalue weighted by Gasteiger charge is 2.40. The summed E-state index contributed by atoms with van der Waals surface area (Å²) in [5.41, 5.74) is 0.407. The van der Waals surface area contributed by atoms with Gasteiger partial charge in [0.15, 0.2) is 0 Å². The van der Waals surface area contributed by atoms with Gasteiger partial charge in [0.2, 0.25) is 0 Å². The van der Waals surface area contributed by atoms with E-state index in [0.717, 1.165) is 0 Å². The number of carboxylic acids is 1. The van der Waals surface area contributed by atoms with E-state index in [1.54, 1.807) is 10.9 Å². The van der Waals surface area contributed by atoms with Gasteiger partial charge < -0.3 is 14.7 Å². The van der Waals surface area contributed by atoms with Gasteiger partial charge in [-0.3, -0.25) is 9.48 Å². The molecule has 1 fully saturated rings. The fourth-order valence-electron chi connectivity index (χ4n) is 2.24. The average molecular weight is 267 g/mol. The van der Waals surface area contributed by atoms with Gasteiger partial charge in [-0.2, -0.15) is 5.10 Å². The van der Waals surface area contributed by atoms with Crippen molar-refractivity contribution >= 4 is 11.9 Å². The number of nitrogens with zero attached hydrogens (tertiary/aromatic N) is 3. The van der Waals surface area contributed by atoms with Crippen LogP contribution < -0.4 is 0 Å². The summed E-state index contributed by atoms with van der Waals surface area (Å²) in [5, 5.41) is 13.2. The molecule has 1 saturated heterocycles. The van der Waals surface area contributed by atoms with Gasteiger partial charge in [0.25, 0.3) is 5.91 Å². The molecular formula is C12H17N3O4. The van der Waals surface area contributed by atoms with Gasteiger partial charge >= 0.3 is 5.97 Å². The van der Waals surface area contributed by atoms with Crippen LogP contribution in [0.1, 0.15) is 23.7 Å². The van der Waals surface area contributed by atoms with E-state index in [2.05, 4.69) is 5.10 Å². The smallest absolute Gasteiger partial charge is 0.326 e. The normalized spacial score (nSPS) is 22.7. The summed E-state index contributed by atoms with van der Waals surface area (Å²) in [7, 11) is 1.52. The molecule has 1 amide bonds. The fourth-order valence-corrected chi connectivity index (χ4v) is 2.24. The lowest BCUT2D eigenvalue weighted by Gasteiger charge is -2.20. The molecule has 2 rings (SSSR count). The van der Waals surface area contributed by atoms with Gasteiger partial charge in [0.05, 0.1) is 17.9 Å². The van der Waals surface area contributed by atoms with Crippen molar-refractivity contribution in [1.29, 1.82) is 0 Å². The SMILES string of the molecule is CCn1cc(C(=O)N2CC(OC)CC2C(=O)O)cn1. The van der Waals surface area contributed by atoms with Crippen molar-refractivity contribution in [3.05, 3.63) is 18.0 Å². The summed E-state index contributed by atoms with van der Waals surface area (Å²) in [4.78, 5) is 24.8. The average Bonchev–Trinajstić information content (AvgIpc) is 3.04. The van der Waals surface area contributed by atoms with E-state index in [4.69, 9.17) is 4.74 Å². The first kappa shape index (κ1) is 13.5. The summed E-state index contributed by atoms with van der Waals surface area (Å²) in [6.07, 6.45) is 3.18. The summed E-state index contributed by atoms with van der Waals surface area (Å²) in [5.74, 6) is -1.32. The maximum atomic E-state index is 12.3. The minimum atomic E-state index is -1.00. The molecule has 0 bridgehead atoms. The number of aliphatic carboxylic acids is 1. The van der Waals surface area contributed by atoms with Crippen LogP contribution in [0.3, 0.4) is 0 Å². The molecule has 0 aromatic carbocycles. The number of hydrogen-bond donors (Lipinski definition) is 1. The Kier molecular flexibility index (Phi) is 3.84. The van der Waals surface area contributed by atoms with Crippen molar-refractivity contribution in [2.75, 3.05) is 13.7 Å². The molecular weight excluding hydrogens is 250 g/mol. The Balaban J connectivity index is 2.18. The lowest BCUT2D eigenvalue weighted by Crippen LogP contribution is -2.40. The third-order valence-corrected chi connectivity index (χ3v) is 3.35. The third kappa shape index (κ3) is 2.60. The van der Waals surface area contributed by atoms with Gasteiger partial charge in [0, 0.05) is 32.8 Å². The number of amides is 1. The van der Waals surface area contributed by atoms with Crippen LogP contribution in [0, 0.1) is 0 Å². The van der Waals surface area contributed by atoms with E-state index in [9.17, 15) is 14.7 Å². The van der Waals surface area contributed by atoms with Crippen molar-refractivity contribution < 1.29 is 19.4 Å². The Labute approximate surface area is 110 Å². The number of methoxy groups -OCH3 is 1. The van der Waals surface area contributed by atoms with Gasteiger partial charge in [-0.25, -0.2) is 4.79 Å². The van der Waals surface area contributed by atoms with Gasteiger partial charge in [-0.1, -0.05) is 0 Å². The second kappa shape index (κ2) is 5.40. The van der Waals surface area contributed by atoms with Crippen molar-refractivity contribution in [3.8, 4) is 0 Å². The predicted octanol–water partition coefficient (Wildman–Crippen LogP) is 0.217. The first-order chi connectivity index (χ1) is 9.06. The van der Waals surface area contributed by atoms with E-state index in [-0.39, 0.29) is 12.0 Å². The zero-order valence-corrected chi connectivity index (χ0v) is 10.9. The molecule has 1 aliphatic heterocycles. The summed E-state index contributed by atoms with van der Waals surface area (Å²) >= 11 is 0. The van der Waals surface area contributed by atoms with E-state index in [1.807, 2.05) is 6.92 Å². The molecule has 0 saturated carbocycles. The minimum Gasteiger partial charge on any atom is -0.480 e. The molecule has 1 aliphatic rings. The maximum absolute atomic E-state index is 12.3. The number of hydrogen-bond acceptors (Lipinski definition) is 4. The first-order valence-corrected chi connectivity index (χ1v) is 6.15. The molecule has 19 heavy (non-hydrogen) atoms. The Morgan fingerprint density at radius 1 is 1.58 bits per heavy atom. The Morgan fingerprint density at radius 3 is 2.84 bits per heavy atom. The number of carboxylic acid groups (broad SMARTS) is 1. The molecule has 0 spiro atoms. The van der Waals surface area contributed by atoms with Crippen LogP contribution in [0.4, 0.5) is 0 Å². The fraction of sp³-hybridized carbons (Fsp3) is 0.583. The monoisotopic (exact) mass is 267 g/mol. The van der Waals surface area contributed by atoms with Crippen molar-refractivity contribution in [2.24, 2.45) is 0 Å². The molecule has 104 valence electrons. The summed E-state index contributed by atoms with van der Waals surface area (Å²) < 4.78 is 6.79. The Bertz CT molecular complexity index is 485. The third-order valence-electron chi connectivity index (χ3n) is 3.35. The second-order valence-electron chi connectivity index (χ2n) is 4.49. The zero-order chi connectivity index (χ0) is 14.0. The largest absolute Gasteiger partial charge is 0.480 e. The molecule has 2 heterocycles. The highest BCUT2D eigenvalue weighted by Crippen LogP contribution is 2.22. The maximum Gasteiger partial charge on any atom is 0.326 e. The van der Waals surface area contributed by atoms with Crippen LogP contribution in [-0.2, 0) is 16.1 Å². The highest BCUT2D eigenvalue weighted by atomic mass is 16.5. The van der Waals surface area contributed by atoms with Crippen molar-refractivity contribution in [3.63, 3.8) is 0 Å². The highest BCUT2D eigenvalue weighted by molar-refractivity contribution is 5.96. The van der Waals surface area contributed by atoms with Crippen LogP contribution in [0.25, 0.3) is 0 Å². The van der Waals surface area contributed by atoms with Crippen LogP contribution in [0.15, 0.2) is 12.4 Å². The number of ether oxygens (including phenoxy) is 1. The number of likely N-dealkylation sites (tertiary alicyclic amines) is 1. The molecule has 7 nitrogen and oxygen atoms in total. The van der Waals surface area contributed by atoms with Crippen LogP contribution in [-0.4, -0.2) is 57.5 Å². The molecule has 0 radical (unpaired) electrons. The van der Waals surface area contributed by atoms with E-state index in [1.165, 1.54) is 18.2 Å². The minimum absolute atomic E-state index is 0.230. The molecule has 1 aromatic rings. The predicted molar refractivity (Wildman–Crippen MR) is 65.8 cm³/mol. The van der Waals surface area contributed by atoms with Gasteiger partial charge in [-0.15, -0.1) is 0 Å². The van der Waals surface area contributed by atoms with Crippen LogP contribution in [0.5, 0.6) is 0 Å². The Morgan fingerprint density at radius 2 is 2.32 bits per heavy atom. The lowest BCUT2D eigenvalue weighted by atomic mass is 10.2. The molecule has 0 aliphatic carbocycles. The first-order valence-electron chi connectivity index (χ1n) is 6.15. The number of aromatic nitrogens is 2. The lowest BCUT2D eigenvalue weighted by molar-refractivity contribution is -0.141. The van der Waals surface area contributed by atoms with E-state index < -0.39 is 12.0 Å². The topological polar surface area (TPSA) is 84.7 Å². The molecule has 1 aromatic heterocycles. The van der Waals surface area contributed by atoms with Crippen LogP contribution in [0.2, 0.25) is 0 Å².